The van der Waals surface area contributed by atoms with E-state index >= 15 is 0 Å². The molecule has 0 aliphatic heterocycles. The van der Waals surface area contributed by atoms with E-state index < -0.39 is 5.97 Å². The molecule has 16 heavy (non-hydrogen) atoms. The van der Waals surface area contributed by atoms with Gasteiger partial charge in [0.1, 0.15) is 5.01 Å². The van der Waals surface area contributed by atoms with E-state index in [1.807, 2.05) is 32.0 Å². The predicted octanol–water partition coefficient (Wildman–Crippen LogP) is 3.13. The lowest BCUT2D eigenvalue weighted by molar-refractivity contribution is 0.0691. The Labute approximate surface area is 97.4 Å². The first-order valence-electron chi connectivity index (χ1n) is 4.85. The highest BCUT2D eigenvalue weighted by atomic mass is 32.1. The van der Waals surface area contributed by atoms with Crippen molar-refractivity contribution in [3.8, 4) is 10.6 Å². The van der Waals surface area contributed by atoms with Gasteiger partial charge in [0, 0.05) is 10.9 Å². The molecular formula is C12H11NO2S. The highest BCUT2D eigenvalue weighted by Gasteiger charge is 2.13. The summed E-state index contributed by atoms with van der Waals surface area (Å²) in [4.78, 5) is 14.9. The maximum absolute atomic E-state index is 10.8. The monoisotopic (exact) mass is 233 g/mol. The van der Waals surface area contributed by atoms with Crippen LogP contribution in [0.1, 0.15) is 21.6 Å². The minimum atomic E-state index is -0.978. The van der Waals surface area contributed by atoms with Crippen molar-refractivity contribution in [1.29, 1.82) is 0 Å². The van der Waals surface area contributed by atoms with Crippen molar-refractivity contribution < 1.29 is 9.90 Å². The van der Waals surface area contributed by atoms with Crippen LogP contribution in [0.3, 0.4) is 0 Å². The summed E-state index contributed by atoms with van der Waals surface area (Å²) in [7, 11) is 0. The zero-order valence-electron chi connectivity index (χ0n) is 9.02. The van der Waals surface area contributed by atoms with Gasteiger partial charge in [-0.15, -0.1) is 11.3 Å². The molecule has 0 saturated carbocycles. The van der Waals surface area contributed by atoms with Gasteiger partial charge in [-0.25, -0.2) is 9.78 Å². The van der Waals surface area contributed by atoms with Crippen LogP contribution in [0.25, 0.3) is 10.6 Å². The molecule has 0 aliphatic carbocycles. The second kappa shape index (κ2) is 4.06. The maximum Gasteiger partial charge on any atom is 0.355 e. The standard InChI is InChI=1S/C12H11NO2S/c1-7-4-3-5-8(2)10(7)11-13-9(6-16-11)12(14)15/h3-6H,1-2H3,(H,14,15). The number of aryl methyl sites for hydroxylation is 2. The number of thiazole rings is 1. The molecule has 2 aromatic rings. The minimum absolute atomic E-state index is 0.114. The van der Waals surface area contributed by atoms with Crippen molar-refractivity contribution in [2.45, 2.75) is 13.8 Å². The first kappa shape index (κ1) is 10.8. The molecular weight excluding hydrogens is 222 g/mol. The van der Waals surface area contributed by atoms with Crippen LogP contribution in [-0.2, 0) is 0 Å². The Hall–Kier alpha value is -1.68. The van der Waals surface area contributed by atoms with Gasteiger partial charge in [-0.1, -0.05) is 18.2 Å². The van der Waals surface area contributed by atoms with Gasteiger partial charge in [0.15, 0.2) is 5.69 Å². The Morgan fingerprint density at radius 2 is 1.94 bits per heavy atom. The molecule has 0 atom stereocenters. The molecule has 1 N–H and O–H groups in total. The van der Waals surface area contributed by atoms with Gasteiger partial charge in [-0.05, 0) is 25.0 Å². The fourth-order valence-corrected chi connectivity index (χ4v) is 2.61. The first-order chi connectivity index (χ1) is 7.59. The molecule has 0 amide bonds. The Morgan fingerprint density at radius 3 is 2.44 bits per heavy atom. The summed E-state index contributed by atoms with van der Waals surface area (Å²) in [6.07, 6.45) is 0. The van der Waals surface area contributed by atoms with Crippen molar-refractivity contribution in [3.05, 3.63) is 40.4 Å². The molecule has 2 rings (SSSR count). The molecule has 1 aromatic heterocycles. The highest BCUT2D eigenvalue weighted by Crippen LogP contribution is 2.29. The normalized spacial score (nSPS) is 10.4. The van der Waals surface area contributed by atoms with E-state index in [1.54, 1.807) is 5.38 Å². The van der Waals surface area contributed by atoms with E-state index in [0.29, 0.717) is 0 Å². The summed E-state index contributed by atoms with van der Waals surface area (Å²) >= 11 is 1.37. The zero-order valence-corrected chi connectivity index (χ0v) is 9.84. The van der Waals surface area contributed by atoms with E-state index in [4.69, 9.17) is 5.11 Å². The largest absolute Gasteiger partial charge is 0.476 e. The lowest BCUT2D eigenvalue weighted by Gasteiger charge is -2.05. The molecule has 0 unspecified atom stereocenters. The fraction of sp³-hybridized carbons (Fsp3) is 0.167. The number of hydrogen-bond acceptors (Lipinski definition) is 3. The molecule has 0 spiro atoms. The average molecular weight is 233 g/mol. The number of aromatic nitrogens is 1. The smallest absolute Gasteiger partial charge is 0.355 e. The van der Waals surface area contributed by atoms with Gasteiger partial charge in [0.25, 0.3) is 0 Å². The highest BCUT2D eigenvalue weighted by molar-refractivity contribution is 7.13. The molecule has 82 valence electrons. The fourth-order valence-electron chi connectivity index (χ4n) is 1.64. The molecule has 1 heterocycles. The number of carboxylic acid groups (broad SMARTS) is 1. The Bertz CT molecular complexity index is 525. The third-order valence-electron chi connectivity index (χ3n) is 2.42. The molecule has 0 bridgehead atoms. The number of hydrogen-bond donors (Lipinski definition) is 1. The molecule has 0 radical (unpaired) electrons. The molecule has 0 saturated heterocycles. The van der Waals surface area contributed by atoms with E-state index in [0.717, 1.165) is 21.7 Å². The van der Waals surface area contributed by atoms with E-state index in [1.165, 1.54) is 11.3 Å². The average Bonchev–Trinajstić information content (AvgIpc) is 2.66. The quantitative estimate of drug-likeness (QED) is 0.867. The number of rotatable bonds is 2. The molecule has 0 fully saturated rings. The topological polar surface area (TPSA) is 50.2 Å². The minimum Gasteiger partial charge on any atom is -0.476 e. The molecule has 4 heteroatoms. The second-order valence-electron chi connectivity index (χ2n) is 3.61. The zero-order chi connectivity index (χ0) is 11.7. The van der Waals surface area contributed by atoms with Crippen molar-refractivity contribution >= 4 is 17.3 Å². The van der Waals surface area contributed by atoms with E-state index in [9.17, 15) is 4.79 Å². The molecule has 3 nitrogen and oxygen atoms in total. The lowest BCUT2D eigenvalue weighted by atomic mass is 10.0. The summed E-state index contributed by atoms with van der Waals surface area (Å²) in [5.41, 5.74) is 3.39. The summed E-state index contributed by atoms with van der Waals surface area (Å²) in [6, 6.07) is 5.99. The number of aromatic carboxylic acids is 1. The number of carbonyl (C=O) groups is 1. The van der Waals surface area contributed by atoms with Crippen LogP contribution in [0.15, 0.2) is 23.6 Å². The summed E-state index contributed by atoms with van der Waals surface area (Å²) in [5, 5.41) is 11.2. The van der Waals surface area contributed by atoms with Crippen molar-refractivity contribution in [3.63, 3.8) is 0 Å². The van der Waals surface area contributed by atoms with Gasteiger partial charge in [-0.2, -0.15) is 0 Å². The van der Waals surface area contributed by atoms with Crippen LogP contribution in [0.5, 0.6) is 0 Å². The van der Waals surface area contributed by atoms with Crippen LogP contribution in [0, 0.1) is 13.8 Å². The van der Waals surface area contributed by atoms with Crippen LogP contribution in [0.2, 0.25) is 0 Å². The number of nitrogens with zero attached hydrogens (tertiary/aromatic N) is 1. The van der Waals surface area contributed by atoms with Crippen LogP contribution in [0.4, 0.5) is 0 Å². The maximum atomic E-state index is 10.8. The predicted molar refractivity (Wildman–Crippen MR) is 64.0 cm³/mol. The van der Waals surface area contributed by atoms with E-state index in [-0.39, 0.29) is 5.69 Å². The van der Waals surface area contributed by atoms with Gasteiger partial charge >= 0.3 is 5.97 Å². The number of carboxylic acids is 1. The Kier molecular flexibility index (Phi) is 2.75. The lowest BCUT2D eigenvalue weighted by Crippen LogP contribution is -1.96. The van der Waals surface area contributed by atoms with Crippen molar-refractivity contribution in [1.82, 2.24) is 4.98 Å². The molecule has 1 aromatic carbocycles. The van der Waals surface area contributed by atoms with Gasteiger partial charge in [-0.3, -0.25) is 0 Å². The summed E-state index contributed by atoms with van der Waals surface area (Å²) in [6.45, 7) is 4.01. The third kappa shape index (κ3) is 1.84. The number of benzene rings is 1. The van der Waals surface area contributed by atoms with Gasteiger partial charge in [0.05, 0.1) is 0 Å². The summed E-state index contributed by atoms with van der Waals surface area (Å²) < 4.78 is 0. The van der Waals surface area contributed by atoms with Gasteiger partial charge in [0.2, 0.25) is 0 Å². The van der Waals surface area contributed by atoms with Crippen LogP contribution >= 0.6 is 11.3 Å². The molecule has 0 aliphatic rings. The Morgan fingerprint density at radius 1 is 1.31 bits per heavy atom. The second-order valence-corrected chi connectivity index (χ2v) is 4.47. The first-order valence-corrected chi connectivity index (χ1v) is 5.73. The summed E-state index contributed by atoms with van der Waals surface area (Å²) in [5.74, 6) is -0.978. The van der Waals surface area contributed by atoms with Gasteiger partial charge < -0.3 is 5.11 Å². The van der Waals surface area contributed by atoms with Crippen molar-refractivity contribution in [2.24, 2.45) is 0 Å². The van der Waals surface area contributed by atoms with Crippen molar-refractivity contribution in [2.75, 3.05) is 0 Å². The Balaban J connectivity index is 2.54. The SMILES string of the molecule is Cc1cccc(C)c1-c1nc(C(=O)O)cs1. The van der Waals surface area contributed by atoms with Crippen LogP contribution < -0.4 is 0 Å². The van der Waals surface area contributed by atoms with E-state index in [2.05, 4.69) is 4.98 Å². The third-order valence-corrected chi connectivity index (χ3v) is 3.28. The van der Waals surface area contributed by atoms with Crippen LogP contribution in [-0.4, -0.2) is 16.1 Å².